The summed E-state index contributed by atoms with van der Waals surface area (Å²) < 4.78 is 43.4. The third-order valence-electron chi connectivity index (χ3n) is 5.97. The summed E-state index contributed by atoms with van der Waals surface area (Å²) in [5.74, 6) is -1.16. The van der Waals surface area contributed by atoms with Crippen molar-refractivity contribution in [1.29, 1.82) is 0 Å². The molecular formula is C22H31F3N4O2S. The number of carbonyl (C=O) groups is 1. The molecule has 0 radical (unpaired) electrons. The minimum atomic E-state index is -4.59. The number of hydrogen-bond acceptors (Lipinski definition) is 6. The molecule has 2 aromatic heterocycles. The van der Waals surface area contributed by atoms with Crippen LogP contribution in [0.2, 0.25) is 0 Å². The summed E-state index contributed by atoms with van der Waals surface area (Å²) in [5.41, 5.74) is 0.0804. The fourth-order valence-electron chi connectivity index (χ4n) is 4.19. The molecule has 2 aromatic rings. The highest BCUT2D eigenvalue weighted by Gasteiger charge is 2.39. The highest BCUT2D eigenvalue weighted by Crippen LogP contribution is 2.38. The van der Waals surface area contributed by atoms with Crippen LogP contribution >= 0.6 is 11.3 Å². The zero-order valence-electron chi connectivity index (χ0n) is 19.0. The first-order chi connectivity index (χ1) is 15.2. The maximum absolute atomic E-state index is 13.1. The van der Waals surface area contributed by atoms with E-state index in [0.717, 1.165) is 50.4 Å². The molecule has 32 heavy (non-hydrogen) atoms. The summed E-state index contributed by atoms with van der Waals surface area (Å²) >= 11 is 1.16. The van der Waals surface area contributed by atoms with Crippen molar-refractivity contribution in [2.45, 2.75) is 45.8 Å². The molecule has 1 atom stereocenters. The second kappa shape index (κ2) is 10.4. The molecule has 1 amide bonds. The Kier molecular flexibility index (Phi) is 8.00. The fourth-order valence-corrected chi connectivity index (χ4v) is 5.20. The first-order valence-electron chi connectivity index (χ1n) is 11.1. The van der Waals surface area contributed by atoms with E-state index >= 15 is 0 Å². The molecule has 0 spiro atoms. The predicted octanol–water partition coefficient (Wildman–Crippen LogP) is 4.61. The Morgan fingerprint density at radius 1 is 1.16 bits per heavy atom. The zero-order chi connectivity index (χ0) is 23.5. The molecule has 178 valence electrons. The van der Waals surface area contributed by atoms with Crippen molar-refractivity contribution in [2.75, 3.05) is 46.3 Å². The van der Waals surface area contributed by atoms with Gasteiger partial charge in [-0.15, -0.1) is 11.3 Å². The average molecular weight is 473 g/mol. The topological polar surface area (TPSA) is 52.8 Å². The third kappa shape index (κ3) is 5.35. The number of piperidine rings is 1. The molecule has 2 fully saturated rings. The number of amides is 1. The maximum atomic E-state index is 13.1. The van der Waals surface area contributed by atoms with E-state index < -0.39 is 11.9 Å². The van der Waals surface area contributed by atoms with E-state index in [2.05, 4.69) is 26.5 Å². The van der Waals surface area contributed by atoms with Gasteiger partial charge < -0.3 is 14.3 Å². The molecule has 4 rings (SSSR count). The van der Waals surface area contributed by atoms with Gasteiger partial charge in [-0.3, -0.25) is 9.69 Å². The molecule has 4 heterocycles. The lowest BCUT2D eigenvalue weighted by molar-refractivity contribution is -0.156. The van der Waals surface area contributed by atoms with Gasteiger partial charge >= 0.3 is 6.18 Å². The molecule has 0 aromatic carbocycles. The lowest BCUT2D eigenvalue weighted by atomic mass is 10.0. The van der Waals surface area contributed by atoms with Crippen LogP contribution in [0.3, 0.4) is 0 Å². The fraction of sp³-hybridized carbons (Fsp3) is 0.636. The van der Waals surface area contributed by atoms with Crippen molar-refractivity contribution in [1.82, 2.24) is 19.9 Å². The van der Waals surface area contributed by atoms with Crippen LogP contribution in [-0.2, 0) is 6.18 Å². The third-order valence-corrected chi connectivity index (χ3v) is 7.05. The Bertz CT molecular complexity index is 903. The van der Waals surface area contributed by atoms with Gasteiger partial charge in [0.2, 0.25) is 5.76 Å². The Morgan fingerprint density at radius 3 is 2.47 bits per heavy atom. The van der Waals surface area contributed by atoms with Crippen LogP contribution in [0.5, 0.6) is 0 Å². The van der Waals surface area contributed by atoms with E-state index in [0.29, 0.717) is 28.9 Å². The lowest BCUT2D eigenvalue weighted by Gasteiger charge is -2.42. The number of nitrogens with zero attached hydrogens (tertiary/aromatic N) is 4. The summed E-state index contributed by atoms with van der Waals surface area (Å²) in [6, 6.07) is 3.68. The molecule has 0 N–H and O–H groups in total. The van der Waals surface area contributed by atoms with E-state index in [4.69, 9.17) is 0 Å². The highest BCUT2D eigenvalue weighted by atomic mass is 32.1. The standard InChI is InChI=1S/C20H25F3N4O2S.C2H6/c1-13-17(24-29-18(13)20(21,22)23)15-5-6-16(30-15)19(28)27-7-3-4-14(12-27)26-10-8-25(2)9-11-26;1-2/h5-6,14H,3-4,7-12H2,1-2H3;1-2H3. The summed E-state index contributed by atoms with van der Waals surface area (Å²) in [6.07, 6.45) is -2.54. The minimum Gasteiger partial charge on any atom is -0.351 e. The summed E-state index contributed by atoms with van der Waals surface area (Å²) in [4.78, 5) is 20.7. The Balaban J connectivity index is 0.00000141. The normalized spacial score (nSPS) is 20.7. The molecule has 6 nitrogen and oxygen atoms in total. The van der Waals surface area contributed by atoms with Gasteiger partial charge in [0.15, 0.2) is 0 Å². The van der Waals surface area contributed by atoms with E-state index in [1.165, 1.54) is 6.92 Å². The van der Waals surface area contributed by atoms with Crippen molar-refractivity contribution in [3.8, 4) is 10.6 Å². The van der Waals surface area contributed by atoms with Crippen LogP contribution in [0.4, 0.5) is 13.2 Å². The zero-order valence-corrected chi connectivity index (χ0v) is 19.9. The van der Waals surface area contributed by atoms with Gasteiger partial charge in [-0.05, 0) is 38.9 Å². The number of likely N-dealkylation sites (tertiary alicyclic amines) is 1. The molecule has 2 saturated heterocycles. The number of hydrogen-bond donors (Lipinski definition) is 0. The van der Waals surface area contributed by atoms with Crippen molar-refractivity contribution in [3.05, 3.63) is 28.3 Å². The SMILES string of the molecule is CC.Cc1c(-c2ccc(C(=O)N3CCCC(N4CCN(C)CC4)C3)s2)noc1C(F)(F)F. The number of aromatic nitrogens is 1. The number of likely N-dealkylation sites (N-methyl/N-ethyl adjacent to an activating group) is 1. The van der Waals surface area contributed by atoms with Gasteiger partial charge in [-0.2, -0.15) is 13.2 Å². The van der Waals surface area contributed by atoms with Gasteiger partial charge in [0.1, 0.15) is 5.69 Å². The van der Waals surface area contributed by atoms with Crippen molar-refractivity contribution < 1.29 is 22.5 Å². The number of rotatable bonds is 3. The van der Waals surface area contributed by atoms with E-state index in [-0.39, 0.29) is 17.2 Å². The number of carbonyl (C=O) groups excluding carboxylic acids is 1. The Labute approximate surface area is 191 Å². The Morgan fingerprint density at radius 2 is 1.84 bits per heavy atom. The molecule has 0 bridgehead atoms. The molecule has 0 aliphatic carbocycles. The summed E-state index contributed by atoms with van der Waals surface area (Å²) in [7, 11) is 2.12. The van der Waals surface area contributed by atoms with E-state index in [1.54, 1.807) is 12.1 Å². The molecular weight excluding hydrogens is 441 g/mol. The van der Waals surface area contributed by atoms with Crippen LogP contribution < -0.4 is 0 Å². The predicted molar refractivity (Wildman–Crippen MR) is 119 cm³/mol. The monoisotopic (exact) mass is 472 g/mol. The summed E-state index contributed by atoms with van der Waals surface area (Å²) in [6.45, 7) is 10.8. The van der Waals surface area contributed by atoms with Crippen molar-refractivity contribution >= 4 is 17.2 Å². The summed E-state index contributed by atoms with van der Waals surface area (Å²) in [5, 5.41) is 3.60. The second-order valence-electron chi connectivity index (χ2n) is 8.03. The van der Waals surface area contributed by atoms with E-state index in [9.17, 15) is 18.0 Å². The van der Waals surface area contributed by atoms with Crippen molar-refractivity contribution in [2.24, 2.45) is 0 Å². The van der Waals surface area contributed by atoms with Crippen LogP contribution in [0, 0.1) is 6.92 Å². The average Bonchev–Trinajstić information content (AvgIpc) is 3.42. The quantitative estimate of drug-likeness (QED) is 0.653. The highest BCUT2D eigenvalue weighted by molar-refractivity contribution is 7.17. The Hall–Kier alpha value is -1.91. The van der Waals surface area contributed by atoms with Crippen molar-refractivity contribution in [3.63, 3.8) is 0 Å². The van der Waals surface area contributed by atoms with Gasteiger partial charge in [-0.1, -0.05) is 19.0 Å². The van der Waals surface area contributed by atoms with Gasteiger partial charge in [0, 0.05) is 50.9 Å². The second-order valence-corrected chi connectivity index (χ2v) is 9.12. The smallest absolute Gasteiger partial charge is 0.351 e. The van der Waals surface area contributed by atoms with Crippen LogP contribution in [0.25, 0.3) is 10.6 Å². The molecule has 2 aliphatic heterocycles. The number of piperazine rings is 1. The molecule has 1 unspecified atom stereocenters. The van der Waals surface area contributed by atoms with Crippen LogP contribution in [0.15, 0.2) is 16.7 Å². The number of halogens is 3. The first-order valence-corrected chi connectivity index (χ1v) is 11.9. The minimum absolute atomic E-state index is 0.0588. The number of thiophene rings is 1. The van der Waals surface area contributed by atoms with Crippen LogP contribution in [0.1, 0.15) is 47.7 Å². The largest absolute Gasteiger partial charge is 0.452 e. The first kappa shape index (κ1) is 24.7. The van der Waals surface area contributed by atoms with E-state index in [1.807, 2.05) is 18.7 Å². The lowest BCUT2D eigenvalue weighted by Crippen LogP contribution is -2.55. The molecule has 0 saturated carbocycles. The van der Waals surface area contributed by atoms with Gasteiger partial charge in [-0.25, -0.2) is 0 Å². The molecule has 2 aliphatic rings. The molecule has 10 heteroatoms. The van der Waals surface area contributed by atoms with Crippen LogP contribution in [-0.4, -0.2) is 78.1 Å². The van der Waals surface area contributed by atoms with Gasteiger partial charge in [0.25, 0.3) is 5.91 Å². The number of alkyl halides is 3. The van der Waals surface area contributed by atoms with Gasteiger partial charge in [0.05, 0.1) is 9.75 Å². The maximum Gasteiger partial charge on any atom is 0.452 e.